The Balaban J connectivity index is 1.54. The Bertz CT molecular complexity index is 1450. The molecule has 0 amide bonds. The molecule has 0 aliphatic carbocycles. The van der Waals surface area contributed by atoms with Crippen LogP contribution in [-0.2, 0) is 10.0 Å². The van der Waals surface area contributed by atoms with Gasteiger partial charge in [-0.15, -0.1) is 0 Å². The lowest BCUT2D eigenvalue weighted by molar-refractivity contribution is 0.243. The molecule has 4 rings (SSSR count). The molecule has 0 unspecified atom stereocenters. The molecule has 182 valence electrons. The Labute approximate surface area is 208 Å². The highest BCUT2D eigenvalue weighted by Crippen LogP contribution is 2.33. The molecule has 2 N–H and O–H groups in total. The number of aryl methyl sites for hydroxylation is 1. The highest BCUT2D eigenvalue weighted by molar-refractivity contribution is 7.92. The van der Waals surface area contributed by atoms with Crippen LogP contribution in [0.25, 0.3) is 11.3 Å². The van der Waals surface area contributed by atoms with Crippen molar-refractivity contribution in [2.45, 2.75) is 38.7 Å². The molecule has 0 saturated heterocycles. The van der Waals surface area contributed by atoms with Crippen LogP contribution in [0.15, 0.2) is 64.3 Å². The van der Waals surface area contributed by atoms with Gasteiger partial charge < -0.3 is 14.6 Å². The summed E-state index contributed by atoms with van der Waals surface area (Å²) in [7, 11) is -3.84. The summed E-state index contributed by atoms with van der Waals surface area (Å²) in [6.07, 6.45) is 1.41. The molecule has 0 aliphatic rings. The molecule has 35 heavy (non-hydrogen) atoms. The van der Waals surface area contributed by atoms with Gasteiger partial charge in [-0.3, -0.25) is 0 Å². The number of hydrogen-bond donors (Lipinski definition) is 2. The summed E-state index contributed by atoms with van der Waals surface area (Å²) in [6.45, 7) is 7.35. The van der Waals surface area contributed by atoms with Crippen molar-refractivity contribution >= 4 is 39.0 Å². The third-order valence-corrected chi connectivity index (χ3v) is 6.65. The maximum Gasteiger partial charge on any atom is 0.264 e. The van der Waals surface area contributed by atoms with Crippen molar-refractivity contribution in [2.24, 2.45) is 0 Å². The van der Waals surface area contributed by atoms with Crippen molar-refractivity contribution < 1.29 is 17.7 Å². The largest absolute Gasteiger partial charge is 0.490 e. The fourth-order valence-electron chi connectivity index (χ4n) is 3.19. The first-order chi connectivity index (χ1) is 16.6. The Morgan fingerprint density at radius 1 is 1.03 bits per heavy atom. The van der Waals surface area contributed by atoms with E-state index < -0.39 is 10.0 Å². The Morgan fingerprint density at radius 3 is 2.43 bits per heavy atom. The van der Waals surface area contributed by atoms with Gasteiger partial charge in [0.15, 0.2) is 0 Å². The number of nitrogens with one attached hydrogen (secondary N) is 2. The minimum absolute atomic E-state index is 0.0179. The number of benzene rings is 2. The lowest BCUT2D eigenvalue weighted by Gasteiger charge is -2.15. The first kappa shape index (κ1) is 24.5. The summed E-state index contributed by atoms with van der Waals surface area (Å²) in [5, 5.41) is 7.49. The normalized spacial score (nSPS) is 11.5. The van der Waals surface area contributed by atoms with Gasteiger partial charge in [0.05, 0.1) is 22.4 Å². The molecule has 2 aromatic heterocycles. The zero-order valence-corrected chi connectivity index (χ0v) is 21.1. The lowest BCUT2D eigenvalue weighted by atomic mass is 10.1. The number of sulfonamides is 1. The first-order valence-corrected chi connectivity index (χ1v) is 12.6. The van der Waals surface area contributed by atoms with Crippen LogP contribution in [0.3, 0.4) is 0 Å². The quantitative estimate of drug-likeness (QED) is 0.306. The van der Waals surface area contributed by atoms with Crippen LogP contribution in [-0.4, -0.2) is 29.6 Å². The average Bonchev–Trinajstić information content (AvgIpc) is 3.12. The van der Waals surface area contributed by atoms with Gasteiger partial charge in [0.1, 0.15) is 17.9 Å². The number of hydrogen-bond acceptors (Lipinski definition) is 8. The first-order valence-electron chi connectivity index (χ1n) is 10.7. The molecule has 0 fully saturated rings. The van der Waals surface area contributed by atoms with Crippen LogP contribution < -0.4 is 14.8 Å². The second kappa shape index (κ2) is 9.93. The summed E-state index contributed by atoms with van der Waals surface area (Å²) in [5.41, 5.74) is 3.26. The SMILES string of the molecule is Cc1noc(NS(=O)(=O)c2ccc(Nc3cc(-c4cc(Cl)ccc4OC(C)C)ncn3)cc2)c1C. The Hall–Kier alpha value is -3.63. The summed E-state index contributed by atoms with van der Waals surface area (Å²) in [4.78, 5) is 8.71. The van der Waals surface area contributed by atoms with Gasteiger partial charge in [0.25, 0.3) is 10.0 Å². The van der Waals surface area contributed by atoms with E-state index >= 15 is 0 Å². The minimum Gasteiger partial charge on any atom is -0.490 e. The van der Waals surface area contributed by atoms with E-state index in [4.69, 9.17) is 20.9 Å². The van der Waals surface area contributed by atoms with E-state index in [-0.39, 0.29) is 16.9 Å². The molecule has 2 heterocycles. The molecular formula is C24H24ClN5O4S. The van der Waals surface area contributed by atoms with Crippen molar-refractivity contribution in [3.05, 3.63) is 71.1 Å². The van der Waals surface area contributed by atoms with Crippen LogP contribution in [0, 0.1) is 13.8 Å². The molecule has 0 radical (unpaired) electrons. The zero-order chi connectivity index (χ0) is 25.2. The second-order valence-corrected chi connectivity index (χ2v) is 10.2. The van der Waals surface area contributed by atoms with Crippen molar-refractivity contribution in [3.8, 4) is 17.0 Å². The Kier molecular flexibility index (Phi) is 6.95. The van der Waals surface area contributed by atoms with E-state index in [1.54, 1.807) is 44.2 Å². The number of ether oxygens (including phenoxy) is 1. The van der Waals surface area contributed by atoms with Gasteiger partial charge in [-0.05, 0) is 70.2 Å². The van der Waals surface area contributed by atoms with Gasteiger partial charge >= 0.3 is 0 Å². The predicted octanol–water partition coefficient (Wildman–Crippen LogP) is 5.73. The van der Waals surface area contributed by atoms with Crippen LogP contribution in [0.5, 0.6) is 5.75 Å². The Morgan fingerprint density at radius 2 is 1.77 bits per heavy atom. The molecular weight excluding hydrogens is 490 g/mol. The summed E-state index contributed by atoms with van der Waals surface area (Å²) >= 11 is 6.21. The van der Waals surface area contributed by atoms with E-state index in [2.05, 4.69) is 25.2 Å². The maximum absolute atomic E-state index is 12.7. The second-order valence-electron chi connectivity index (χ2n) is 8.07. The van der Waals surface area contributed by atoms with Crippen LogP contribution in [0.4, 0.5) is 17.4 Å². The number of halogens is 1. The highest BCUT2D eigenvalue weighted by atomic mass is 35.5. The van der Waals surface area contributed by atoms with Crippen LogP contribution in [0.2, 0.25) is 5.02 Å². The number of aromatic nitrogens is 3. The molecule has 0 spiro atoms. The number of nitrogens with zero attached hydrogens (tertiary/aromatic N) is 3. The molecule has 0 saturated carbocycles. The molecule has 9 nitrogen and oxygen atoms in total. The van der Waals surface area contributed by atoms with Crippen molar-refractivity contribution in [3.63, 3.8) is 0 Å². The fraction of sp³-hybridized carbons (Fsp3) is 0.208. The van der Waals surface area contributed by atoms with Gasteiger partial charge in [-0.1, -0.05) is 16.8 Å². The monoisotopic (exact) mass is 513 g/mol. The van der Waals surface area contributed by atoms with Crippen molar-refractivity contribution in [1.82, 2.24) is 15.1 Å². The van der Waals surface area contributed by atoms with Crippen molar-refractivity contribution in [2.75, 3.05) is 10.0 Å². The van der Waals surface area contributed by atoms with Gasteiger partial charge in [0, 0.05) is 27.9 Å². The molecule has 11 heteroatoms. The summed E-state index contributed by atoms with van der Waals surface area (Å²) in [5.74, 6) is 1.28. The van der Waals surface area contributed by atoms with Gasteiger partial charge in [-0.2, -0.15) is 0 Å². The van der Waals surface area contributed by atoms with E-state index in [1.165, 1.54) is 18.5 Å². The smallest absolute Gasteiger partial charge is 0.264 e. The lowest BCUT2D eigenvalue weighted by Crippen LogP contribution is -2.13. The van der Waals surface area contributed by atoms with Gasteiger partial charge in [0.2, 0.25) is 5.88 Å². The number of rotatable bonds is 8. The molecule has 2 aromatic carbocycles. The molecule has 4 aromatic rings. The summed E-state index contributed by atoms with van der Waals surface area (Å²) in [6, 6.07) is 13.4. The minimum atomic E-state index is -3.84. The number of anilines is 3. The molecule has 0 bridgehead atoms. The highest BCUT2D eigenvalue weighted by Gasteiger charge is 2.19. The van der Waals surface area contributed by atoms with Crippen LogP contribution in [0.1, 0.15) is 25.1 Å². The third-order valence-electron chi connectivity index (χ3n) is 5.07. The zero-order valence-electron chi connectivity index (χ0n) is 19.5. The van der Waals surface area contributed by atoms with Crippen LogP contribution >= 0.6 is 11.6 Å². The molecule has 0 atom stereocenters. The van der Waals surface area contributed by atoms with E-state index in [0.717, 1.165) is 5.56 Å². The topological polar surface area (TPSA) is 119 Å². The third kappa shape index (κ3) is 5.72. The maximum atomic E-state index is 12.7. The molecule has 0 aliphatic heterocycles. The standard InChI is InChI=1S/C24H24ClN5O4S/c1-14(2)33-22-10-5-17(25)11-20(22)21-12-23(27-13-26-21)28-18-6-8-19(9-7-18)35(31,32)30-24-15(3)16(4)29-34-24/h5-14,30H,1-4H3,(H,26,27,28). The fourth-order valence-corrected chi connectivity index (χ4v) is 4.41. The van der Waals surface area contributed by atoms with E-state index in [1.807, 2.05) is 19.9 Å². The van der Waals surface area contributed by atoms with Crippen molar-refractivity contribution in [1.29, 1.82) is 0 Å². The van der Waals surface area contributed by atoms with E-state index in [0.29, 0.717) is 39.2 Å². The van der Waals surface area contributed by atoms with Gasteiger partial charge in [-0.25, -0.2) is 23.1 Å². The van der Waals surface area contributed by atoms with E-state index in [9.17, 15) is 8.42 Å². The average molecular weight is 514 g/mol. The summed E-state index contributed by atoms with van der Waals surface area (Å²) < 4.78 is 38.8. The predicted molar refractivity (Wildman–Crippen MR) is 135 cm³/mol.